The number of aromatic amines is 1. The molecule has 0 aliphatic carbocycles. The zero-order valence-corrected chi connectivity index (χ0v) is 12.3. The Bertz CT molecular complexity index is 619. The fraction of sp³-hybridized carbons (Fsp3) is 0.250. The van der Waals surface area contributed by atoms with Gasteiger partial charge in [-0.25, -0.2) is 4.98 Å². The second-order valence-electron chi connectivity index (χ2n) is 3.99. The van der Waals surface area contributed by atoms with Crippen molar-refractivity contribution >= 4 is 29.1 Å². The first-order valence-corrected chi connectivity index (χ1v) is 6.46. The van der Waals surface area contributed by atoms with E-state index in [4.69, 9.17) is 27.9 Å². The van der Waals surface area contributed by atoms with Crippen LogP contribution in [0.5, 0.6) is 5.75 Å². The summed E-state index contributed by atoms with van der Waals surface area (Å²) in [5, 5.41) is 9.85. The molecule has 0 unspecified atom stereocenters. The van der Waals surface area contributed by atoms with Gasteiger partial charge >= 0.3 is 0 Å². The molecule has 1 amide bonds. The van der Waals surface area contributed by atoms with Gasteiger partial charge in [0.15, 0.2) is 11.6 Å². The second kappa shape index (κ2) is 6.11. The third kappa shape index (κ3) is 3.20. The maximum atomic E-state index is 12.0. The molecule has 0 fully saturated rings. The standard InChI is InChI=1S/C12H12Cl2N4O2/c1-6-16-10(18-17-6)5-15-12(19)7-3-8(13)11(20-2)9(14)4-7/h3-4H,5H2,1-2H3,(H,15,19)(H,16,17,18). The molecule has 0 aliphatic rings. The molecule has 0 spiro atoms. The minimum atomic E-state index is -0.320. The van der Waals surface area contributed by atoms with Gasteiger partial charge in [0.05, 0.1) is 23.7 Å². The number of nitrogens with one attached hydrogen (secondary N) is 2. The van der Waals surface area contributed by atoms with Crippen molar-refractivity contribution in [2.45, 2.75) is 13.5 Å². The summed E-state index contributed by atoms with van der Waals surface area (Å²) < 4.78 is 5.02. The molecule has 2 rings (SSSR count). The van der Waals surface area contributed by atoms with Crippen LogP contribution in [0.3, 0.4) is 0 Å². The monoisotopic (exact) mass is 314 g/mol. The van der Waals surface area contributed by atoms with Crippen LogP contribution in [0.15, 0.2) is 12.1 Å². The van der Waals surface area contributed by atoms with Gasteiger partial charge in [-0.3, -0.25) is 9.89 Å². The Kier molecular flexibility index (Phi) is 4.46. The molecule has 6 nitrogen and oxygen atoms in total. The summed E-state index contributed by atoms with van der Waals surface area (Å²) in [6, 6.07) is 2.98. The highest BCUT2D eigenvalue weighted by molar-refractivity contribution is 6.37. The fourth-order valence-electron chi connectivity index (χ4n) is 1.62. The number of halogens is 2. The van der Waals surface area contributed by atoms with Crippen molar-refractivity contribution in [1.29, 1.82) is 0 Å². The Morgan fingerprint density at radius 1 is 1.40 bits per heavy atom. The van der Waals surface area contributed by atoms with E-state index >= 15 is 0 Å². The number of aryl methyl sites for hydroxylation is 1. The summed E-state index contributed by atoms with van der Waals surface area (Å²) in [5.74, 6) is 1.21. The SMILES string of the molecule is COc1c(Cl)cc(C(=O)NCc2n[nH]c(C)n2)cc1Cl. The largest absolute Gasteiger partial charge is 0.494 e. The molecule has 1 aromatic carbocycles. The molecule has 8 heteroatoms. The van der Waals surface area contributed by atoms with E-state index in [2.05, 4.69) is 20.5 Å². The molecule has 20 heavy (non-hydrogen) atoms. The summed E-state index contributed by atoms with van der Waals surface area (Å²) in [6.45, 7) is 1.99. The molecular weight excluding hydrogens is 303 g/mol. The third-order valence-corrected chi connectivity index (χ3v) is 3.08. The van der Waals surface area contributed by atoms with Crippen molar-refractivity contribution in [1.82, 2.24) is 20.5 Å². The molecular formula is C12H12Cl2N4O2. The number of ether oxygens (including phenoxy) is 1. The number of carbonyl (C=O) groups is 1. The predicted octanol–water partition coefficient (Wildman–Crippen LogP) is 2.36. The quantitative estimate of drug-likeness (QED) is 0.908. The average molecular weight is 315 g/mol. The molecule has 0 atom stereocenters. The van der Waals surface area contributed by atoms with Crippen molar-refractivity contribution in [3.63, 3.8) is 0 Å². The highest BCUT2D eigenvalue weighted by Crippen LogP contribution is 2.33. The molecule has 0 saturated heterocycles. The molecule has 2 aromatic rings. The lowest BCUT2D eigenvalue weighted by molar-refractivity contribution is 0.0950. The van der Waals surface area contributed by atoms with Gasteiger partial charge in [0.1, 0.15) is 5.82 Å². The van der Waals surface area contributed by atoms with E-state index < -0.39 is 0 Å². The number of carbonyl (C=O) groups excluding carboxylic acids is 1. The molecule has 0 aliphatic heterocycles. The zero-order chi connectivity index (χ0) is 14.7. The van der Waals surface area contributed by atoms with E-state index in [-0.39, 0.29) is 22.5 Å². The van der Waals surface area contributed by atoms with Crippen molar-refractivity contribution in [2.24, 2.45) is 0 Å². The van der Waals surface area contributed by atoms with Crippen LogP contribution in [0.4, 0.5) is 0 Å². The predicted molar refractivity (Wildman–Crippen MR) is 75.3 cm³/mol. The third-order valence-electron chi connectivity index (χ3n) is 2.52. The van der Waals surface area contributed by atoms with E-state index in [1.165, 1.54) is 19.2 Å². The number of rotatable bonds is 4. The van der Waals surface area contributed by atoms with Gasteiger partial charge in [0.25, 0.3) is 5.91 Å². The number of hydrogen-bond donors (Lipinski definition) is 2. The first-order chi connectivity index (χ1) is 9.51. The van der Waals surface area contributed by atoms with Gasteiger partial charge in [0.2, 0.25) is 0 Å². The molecule has 2 N–H and O–H groups in total. The van der Waals surface area contributed by atoms with E-state index in [1.807, 2.05) is 0 Å². The lowest BCUT2D eigenvalue weighted by atomic mass is 10.2. The first-order valence-electron chi connectivity index (χ1n) is 5.70. The number of aromatic nitrogens is 3. The molecule has 1 aromatic heterocycles. The minimum Gasteiger partial charge on any atom is -0.494 e. The Morgan fingerprint density at radius 3 is 2.55 bits per heavy atom. The first kappa shape index (κ1) is 14.6. The highest BCUT2D eigenvalue weighted by atomic mass is 35.5. The second-order valence-corrected chi connectivity index (χ2v) is 4.81. The van der Waals surface area contributed by atoms with Gasteiger partial charge in [0, 0.05) is 5.56 Å². The number of hydrogen-bond acceptors (Lipinski definition) is 4. The number of benzene rings is 1. The van der Waals surface area contributed by atoms with Gasteiger partial charge in [-0.15, -0.1) is 0 Å². The maximum absolute atomic E-state index is 12.0. The smallest absolute Gasteiger partial charge is 0.251 e. The summed E-state index contributed by atoms with van der Waals surface area (Å²) in [6.07, 6.45) is 0. The zero-order valence-electron chi connectivity index (χ0n) is 10.8. The van der Waals surface area contributed by atoms with Crippen LogP contribution in [-0.4, -0.2) is 28.2 Å². The molecule has 1 heterocycles. The molecule has 0 radical (unpaired) electrons. The fourth-order valence-corrected chi connectivity index (χ4v) is 2.26. The summed E-state index contributed by atoms with van der Waals surface area (Å²) in [5.41, 5.74) is 0.341. The summed E-state index contributed by atoms with van der Waals surface area (Å²) >= 11 is 12.0. The van der Waals surface area contributed by atoms with Gasteiger partial charge in [-0.2, -0.15) is 5.10 Å². The van der Waals surface area contributed by atoms with Gasteiger partial charge in [-0.1, -0.05) is 23.2 Å². The van der Waals surface area contributed by atoms with Crippen LogP contribution in [0.1, 0.15) is 22.0 Å². The topological polar surface area (TPSA) is 79.9 Å². The Balaban J connectivity index is 2.09. The van der Waals surface area contributed by atoms with E-state index in [9.17, 15) is 4.79 Å². The lowest BCUT2D eigenvalue weighted by Gasteiger charge is -2.08. The van der Waals surface area contributed by atoms with E-state index in [0.29, 0.717) is 23.0 Å². The van der Waals surface area contributed by atoms with Crippen LogP contribution in [0, 0.1) is 6.92 Å². The Labute approximate surface area is 125 Å². The Hall–Kier alpha value is -1.79. The van der Waals surface area contributed by atoms with E-state index in [1.54, 1.807) is 6.92 Å². The van der Waals surface area contributed by atoms with Gasteiger partial charge < -0.3 is 10.1 Å². The molecule has 0 bridgehead atoms. The minimum absolute atomic E-state index is 0.213. The van der Waals surface area contributed by atoms with Crippen molar-refractivity contribution in [3.05, 3.63) is 39.4 Å². The van der Waals surface area contributed by atoms with Crippen LogP contribution in [-0.2, 0) is 6.54 Å². The number of amides is 1. The van der Waals surface area contributed by atoms with Crippen molar-refractivity contribution in [2.75, 3.05) is 7.11 Å². The lowest BCUT2D eigenvalue weighted by Crippen LogP contribution is -2.23. The maximum Gasteiger partial charge on any atom is 0.251 e. The highest BCUT2D eigenvalue weighted by Gasteiger charge is 2.13. The van der Waals surface area contributed by atoms with Gasteiger partial charge in [-0.05, 0) is 19.1 Å². The van der Waals surface area contributed by atoms with Crippen LogP contribution in [0.25, 0.3) is 0 Å². The van der Waals surface area contributed by atoms with Crippen LogP contribution < -0.4 is 10.1 Å². The average Bonchev–Trinajstić information content (AvgIpc) is 2.81. The Morgan fingerprint density at radius 2 is 2.05 bits per heavy atom. The number of methoxy groups -OCH3 is 1. The van der Waals surface area contributed by atoms with Crippen LogP contribution >= 0.6 is 23.2 Å². The van der Waals surface area contributed by atoms with Crippen LogP contribution in [0.2, 0.25) is 10.0 Å². The normalized spacial score (nSPS) is 10.4. The van der Waals surface area contributed by atoms with E-state index in [0.717, 1.165) is 0 Å². The molecule has 0 saturated carbocycles. The van der Waals surface area contributed by atoms with Crippen molar-refractivity contribution in [3.8, 4) is 5.75 Å². The summed E-state index contributed by atoms with van der Waals surface area (Å²) in [4.78, 5) is 16.1. The number of H-pyrrole nitrogens is 1. The van der Waals surface area contributed by atoms with Crippen molar-refractivity contribution < 1.29 is 9.53 Å². The number of nitrogens with zero attached hydrogens (tertiary/aromatic N) is 2. The molecule has 106 valence electrons. The summed E-state index contributed by atoms with van der Waals surface area (Å²) in [7, 11) is 1.46.